The van der Waals surface area contributed by atoms with Gasteiger partial charge in [-0.1, -0.05) is 59.8 Å². The van der Waals surface area contributed by atoms with E-state index in [1.165, 1.54) is 5.56 Å². The molecular formula is C24H22N2O2S. The van der Waals surface area contributed by atoms with E-state index in [1.54, 1.807) is 18.9 Å². The Morgan fingerprint density at radius 1 is 1.03 bits per heavy atom. The highest BCUT2D eigenvalue weighted by atomic mass is 32.2. The normalized spacial score (nSPS) is 10.8. The Kier molecular flexibility index (Phi) is 5.58. The van der Waals surface area contributed by atoms with Crippen LogP contribution < -0.4 is 10.1 Å². The average Bonchev–Trinajstić information content (AvgIpc) is 3.11. The van der Waals surface area contributed by atoms with Gasteiger partial charge >= 0.3 is 0 Å². The Morgan fingerprint density at radius 2 is 1.79 bits per heavy atom. The van der Waals surface area contributed by atoms with Crippen LogP contribution in [0.25, 0.3) is 10.9 Å². The average molecular weight is 403 g/mol. The Hall–Kier alpha value is -3.18. The first-order valence-corrected chi connectivity index (χ1v) is 10.2. The zero-order valence-electron chi connectivity index (χ0n) is 16.4. The first kappa shape index (κ1) is 19.2. The van der Waals surface area contributed by atoms with E-state index in [2.05, 4.69) is 10.3 Å². The fourth-order valence-corrected chi connectivity index (χ4v) is 4.19. The molecule has 1 aromatic heterocycles. The van der Waals surface area contributed by atoms with Crippen LogP contribution in [0.15, 0.2) is 82.6 Å². The molecule has 1 amide bonds. The number of hydrogen-bond donors (Lipinski definition) is 2. The van der Waals surface area contributed by atoms with Crippen molar-refractivity contribution in [3.8, 4) is 5.75 Å². The van der Waals surface area contributed by atoms with Crippen LogP contribution in [-0.2, 0) is 6.54 Å². The lowest BCUT2D eigenvalue weighted by Crippen LogP contribution is -2.23. The molecule has 1 heterocycles. The van der Waals surface area contributed by atoms with Crippen LogP contribution in [0.4, 0.5) is 0 Å². The van der Waals surface area contributed by atoms with E-state index >= 15 is 0 Å². The maximum atomic E-state index is 13.0. The van der Waals surface area contributed by atoms with E-state index in [0.717, 1.165) is 32.0 Å². The topological polar surface area (TPSA) is 54.1 Å². The van der Waals surface area contributed by atoms with E-state index in [9.17, 15) is 4.79 Å². The molecule has 3 aromatic carbocycles. The molecule has 0 aliphatic heterocycles. The van der Waals surface area contributed by atoms with Gasteiger partial charge in [0.15, 0.2) is 0 Å². The van der Waals surface area contributed by atoms with Gasteiger partial charge in [-0.2, -0.15) is 0 Å². The molecule has 0 spiro atoms. The first-order chi connectivity index (χ1) is 14.1. The van der Waals surface area contributed by atoms with Gasteiger partial charge in [0.2, 0.25) is 0 Å². The first-order valence-electron chi connectivity index (χ1n) is 9.40. The lowest BCUT2D eigenvalue weighted by Gasteiger charge is -2.07. The second-order valence-electron chi connectivity index (χ2n) is 6.82. The number of hydrogen-bond acceptors (Lipinski definition) is 3. The smallest absolute Gasteiger partial charge is 0.269 e. The van der Waals surface area contributed by atoms with Crippen molar-refractivity contribution in [1.29, 1.82) is 0 Å². The minimum Gasteiger partial charge on any atom is -0.497 e. The van der Waals surface area contributed by atoms with Crippen molar-refractivity contribution in [2.75, 3.05) is 7.11 Å². The molecule has 4 rings (SSSR count). The molecule has 146 valence electrons. The summed E-state index contributed by atoms with van der Waals surface area (Å²) in [4.78, 5) is 18.3. The number of benzene rings is 3. The van der Waals surface area contributed by atoms with Crippen molar-refractivity contribution in [1.82, 2.24) is 10.3 Å². The fourth-order valence-electron chi connectivity index (χ4n) is 3.13. The van der Waals surface area contributed by atoms with Gasteiger partial charge in [-0.25, -0.2) is 0 Å². The molecule has 5 heteroatoms. The summed E-state index contributed by atoms with van der Waals surface area (Å²) in [5.41, 5.74) is 3.71. The van der Waals surface area contributed by atoms with Crippen molar-refractivity contribution in [3.05, 3.63) is 89.6 Å². The Labute approximate surface area is 174 Å². The van der Waals surface area contributed by atoms with Crippen molar-refractivity contribution < 1.29 is 9.53 Å². The number of ether oxygens (including phenoxy) is 1. The maximum Gasteiger partial charge on any atom is 0.269 e. The number of carbonyl (C=O) groups is 1. The van der Waals surface area contributed by atoms with Gasteiger partial charge < -0.3 is 15.0 Å². The van der Waals surface area contributed by atoms with Gasteiger partial charge in [-0.05, 0) is 36.8 Å². The number of aromatic nitrogens is 1. The predicted octanol–water partition coefficient (Wildman–Crippen LogP) is 5.57. The second-order valence-corrected chi connectivity index (χ2v) is 7.91. The number of nitrogens with one attached hydrogen (secondary N) is 2. The van der Waals surface area contributed by atoms with Crippen molar-refractivity contribution >= 4 is 28.6 Å². The molecule has 0 saturated carbocycles. The van der Waals surface area contributed by atoms with Crippen LogP contribution in [0.2, 0.25) is 0 Å². The molecule has 0 fully saturated rings. The lowest BCUT2D eigenvalue weighted by molar-refractivity contribution is 0.0944. The number of methoxy groups -OCH3 is 1. The van der Waals surface area contributed by atoms with E-state index in [0.29, 0.717) is 12.2 Å². The largest absolute Gasteiger partial charge is 0.497 e. The molecule has 4 nitrogen and oxygen atoms in total. The highest BCUT2D eigenvalue weighted by molar-refractivity contribution is 7.99. The fraction of sp³-hybridized carbons (Fsp3) is 0.125. The van der Waals surface area contributed by atoms with E-state index in [4.69, 9.17) is 4.74 Å². The lowest BCUT2D eigenvalue weighted by atomic mass is 10.1. The summed E-state index contributed by atoms with van der Waals surface area (Å²) in [6, 6.07) is 24.1. The van der Waals surface area contributed by atoms with Gasteiger partial charge in [0.25, 0.3) is 5.91 Å². The molecular weight excluding hydrogens is 380 g/mol. The molecule has 0 unspecified atom stereocenters. The van der Waals surface area contributed by atoms with Gasteiger partial charge in [0.05, 0.1) is 17.5 Å². The van der Waals surface area contributed by atoms with Gasteiger partial charge in [0, 0.05) is 22.9 Å². The third-order valence-electron chi connectivity index (χ3n) is 4.72. The van der Waals surface area contributed by atoms with Crippen molar-refractivity contribution in [2.24, 2.45) is 0 Å². The number of aromatic amines is 1. The van der Waals surface area contributed by atoms with Crippen molar-refractivity contribution in [3.63, 3.8) is 0 Å². The molecule has 0 aliphatic rings. The predicted molar refractivity (Wildman–Crippen MR) is 118 cm³/mol. The van der Waals surface area contributed by atoms with E-state index in [1.807, 2.05) is 79.7 Å². The maximum absolute atomic E-state index is 13.0. The van der Waals surface area contributed by atoms with E-state index < -0.39 is 0 Å². The molecule has 0 atom stereocenters. The Balaban J connectivity index is 1.66. The summed E-state index contributed by atoms with van der Waals surface area (Å²) in [5.74, 6) is 0.626. The van der Waals surface area contributed by atoms with Crippen LogP contribution in [0, 0.1) is 6.92 Å². The van der Waals surface area contributed by atoms with Crippen LogP contribution in [0.3, 0.4) is 0 Å². The Bertz CT molecular complexity index is 1130. The highest BCUT2D eigenvalue weighted by Gasteiger charge is 2.19. The molecule has 2 N–H and O–H groups in total. The summed E-state index contributed by atoms with van der Waals surface area (Å²) < 4.78 is 5.34. The SMILES string of the molecule is COc1ccc2c(Sc3ccccc3)c(C(=O)NCc3ccc(C)cc3)[nH]c2c1. The van der Waals surface area contributed by atoms with Crippen LogP contribution in [-0.4, -0.2) is 18.0 Å². The van der Waals surface area contributed by atoms with Gasteiger partial charge in [0.1, 0.15) is 11.4 Å². The molecule has 29 heavy (non-hydrogen) atoms. The minimum atomic E-state index is -0.126. The summed E-state index contributed by atoms with van der Waals surface area (Å²) in [6.07, 6.45) is 0. The highest BCUT2D eigenvalue weighted by Crippen LogP contribution is 2.37. The molecule has 0 saturated heterocycles. The monoisotopic (exact) mass is 402 g/mol. The number of H-pyrrole nitrogens is 1. The molecule has 0 aliphatic carbocycles. The zero-order valence-corrected chi connectivity index (χ0v) is 17.2. The Morgan fingerprint density at radius 3 is 2.52 bits per heavy atom. The summed E-state index contributed by atoms with van der Waals surface area (Å²) in [7, 11) is 1.64. The van der Waals surface area contributed by atoms with Gasteiger partial charge in [-0.15, -0.1) is 0 Å². The van der Waals surface area contributed by atoms with Crippen LogP contribution in [0.5, 0.6) is 5.75 Å². The number of carbonyl (C=O) groups excluding carboxylic acids is 1. The summed E-state index contributed by atoms with van der Waals surface area (Å²) in [6.45, 7) is 2.53. The number of rotatable bonds is 6. The summed E-state index contributed by atoms with van der Waals surface area (Å²) >= 11 is 1.58. The standard InChI is InChI=1S/C24H22N2O2S/c1-16-8-10-17(11-9-16)15-25-24(27)22-23(29-19-6-4-3-5-7-19)20-13-12-18(28-2)14-21(20)26-22/h3-14,26H,15H2,1-2H3,(H,25,27). The zero-order chi connectivity index (χ0) is 20.2. The van der Waals surface area contributed by atoms with Crippen LogP contribution >= 0.6 is 11.8 Å². The molecule has 0 bridgehead atoms. The second kappa shape index (κ2) is 8.45. The number of fused-ring (bicyclic) bond motifs is 1. The van der Waals surface area contributed by atoms with E-state index in [-0.39, 0.29) is 5.91 Å². The quantitative estimate of drug-likeness (QED) is 0.443. The minimum absolute atomic E-state index is 0.126. The molecule has 0 radical (unpaired) electrons. The third-order valence-corrected chi connectivity index (χ3v) is 5.86. The third kappa shape index (κ3) is 4.30. The summed E-state index contributed by atoms with van der Waals surface area (Å²) in [5, 5.41) is 4.04. The van der Waals surface area contributed by atoms with Crippen LogP contribution in [0.1, 0.15) is 21.6 Å². The van der Waals surface area contributed by atoms with Gasteiger partial charge in [-0.3, -0.25) is 4.79 Å². The van der Waals surface area contributed by atoms with Crippen molar-refractivity contribution in [2.45, 2.75) is 23.3 Å². The number of aryl methyl sites for hydroxylation is 1. The number of amides is 1. The molecule has 4 aromatic rings.